The third-order valence-electron chi connectivity index (χ3n) is 6.60. The van der Waals surface area contributed by atoms with Gasteiger partial charge in [0.05, 0.1) is 26.9 Å². The average Bonchev–Trinajstić information content (AvgIpc) is 2.82. The van der Waals surface area contributed by atoms with Gasteiger partial charge in [0.15, 0.2) is 5.54 Å². The van der Waals surface area contributed by atoms with Crippen LogP contribution in [0.4, 0.5) is 11.4 Å². The van der Waals surface area contributed by atoms with Gasteiger partial charge >= 0.3 is 0 Å². The highest BCUT2D eigenvalue weighted by molar-refractivity contribution is 5.90. The second kappa shape index (κ2) is 11.0. The minimum atomic E-state index is -1.25. The van der Waals surface area contributed by atoms with Crippen LogP contribution < -0.4 is 20.4 Å². The molecule has 1 saturated heterocycles. The van der Waals surface area contributed by atoms with E-state index in [1.165, 1.54) is 12.6 Å². The Bertz CT molecular complexity index is 965. The molecule has 8 heteroatoms. The molecule has 1 unspecified atom stereocenters. The van der Waals surface area contributed by atoms with Crippen LogP contribution in [-0.4, -0.2) is 44.2 Å². The normalized spacial score (nSPS) is 17.1. The Labute approximate surface area is 201 Å². The third kappa shape index (κ3) is 5.75. The van der Waals surface area contributed by atoms with Gasteiger partial charge in [0, 0.05) is 37.1 Å². The molecule has 1 aliphatic heterocycles. The molecule has 184 valence electrons. The number of anilines is 1. The zero-order chi connectivity index (χ0) is 24.8. The number of ether oxygens (including phenoxy) is 2. The van der Waals surface area contributed by atoms with Gasteiger partial charge in [-0.3, -0.25) is 9.59 Å². The predicted molar refractivity (Wildman–Crippen MR) is 133 cm³/mol. The number of amides is 2. The first-order valence-corrected chi connectivity index (χ1v) is 11.7. The van der Waals surface area contributed by atoms with Gasteiger partial charge in [-0.2, -0.15) is 0 Å². The molecule has 1 fully saturated rings. The first-order chi connectivity index (χ1) is 16.2. The molecule has 0 radical (unpaired) electrons. The number of likely N-dealkylation sites (N-methyl/N-ethyl adjacent to an activating group) is 1. The third-order valence-corrected chi connectivity index (χ3v) is 6.60. The number of hydrogen-bond acceptors (Lipinski definition) is 5. The van der Waals surface area contributed by atoms with E-state index in [4.69, 9.17) is 15.2 Å². The Morgan fingerprint density at radius 2 is 1.74 bits per heavy atom. The molecule has 1 heterocycles. The van der Waals surface area contributed by atoms with E-state index in [-0.39, 0.29) is 18.7 Å². The van der Waals surface area contributed by atoms with Gasteiger partial charge in [0.2, 0.25) is 5.91 Å². The second-order valence-corrected chi connectivity index (χ2v) is 9.20. The molecule has 3 N–H and O–H groups in total. The number of primary amides is 1. The zero-order valence-corrected chi connectivity index (χ0v) is 20.2. The largest absolute Gasteiger partial charge is 0.627 e. The molecule has 8 nitrogen and oxygen atoms in total. The molecule has 0 spiro atoms. The Hall–Kier alpha value is -2.94. The van der Waals surface area contributed by atoms with E-state index in [0.29, 0.717) is 50.0 Å². The summed E-state index contributed by atoms with van der Waals surface area (Å²) in [4.78, 5) is 24.4. The van der Waals surface area contributed by atoms with Crippen LogP contribution in [0, 0.1) is 5.21 Å². The lowest BCUT2D eigenvalue weighted by molar-refractivity contribution is -0.133. The van der Waals surface area contributed by atoms with Crippen LogP contribution in [0.1, 0.15) is 51.0 Å². The van der Waals surface area contributed by atoms with Crippen molar-refractivity contribution < 1.29 is 19.1 Å². The highest BCUT2D eigenvalue weighted by atomic mass is 16.6. The fraction of sp³-hybridized carbons (Fsp3) is 0.462. The van der Waals surface area contributed by atoms with Crippen LogP contribution in [0.25, 0.3) is 0 Å². The van der Waals surface area contributed by atoms with Gasteiger partial charge in [-0.1, -0.05) is 26.0 Å². The van der Waals surface area contributed by atoms with Crippen molar-refractivity contribution in [2.45, 2.75) is 51.0 Å². The standard InChI is InChI=1S/C26H35N3O5/c1-19(2)20-6-8-21(9-7-20)28-24(30)5-4-16-34-23-12-10-22(11-13-23)29(3,32)26(25(27)31)14-17-33-18-15-26/h6-13,19H,4-5,14-18H2,1-3H3,(H2,27,31)(H,28,30). The predicted octanol–water partition coefficient (Wildman–Crippen LogP) is 4.08. The van der Waals surface area contributed by atoms with Gasteiger partial charge in [-0.15, -0.1) is 0 Å². The summed E-state index contributed by atoms with van der Waals surface area (Å²) in [6.07, 6.45) is 1.45. The molecular weight excluding hydrogens is 434 g/mol. The maximum absolute atomic E-state index is 13.6. The number of carbonyl (C=O) groups is 2. The Balaban J connectivity index is 1.49. The molecule has 0 aliphatic carbocycles. The molecule has 2 amide bonds. The number of quaternary nitrogens is 1. The first-order valence-electron chi connectivity index (χ1n) is 11.7. The average molecular weight is 470 g/mol. The van der Waals surface area contributed by atoms with E-state index in [9.17, 15) is 14.8 Å². The van der Waals surface area contributed by atoms with Crippen LogP contribution in [-0.2, 0) is 14.3 Å². The number of nitrogens with zero attached hydrogens (tertiary/aromatic N) is 1. The van der Waals surface area contributed by atoms with Crippen molar-refractivity contribution in [1.82, 2.24) is 4.65 Å². The molecule has 0 saturated carbocycles. The minimum Gasteiger partial charge on any atom is -0.627 e. The summed E-state index contributed by atoms with van der Waals surface area (Å²) >= 11 is 0. The fourth-order valence-corrected chi connectivity index (χ4v) is 4.26. The van der Waals surface area contributed by atoms with Crippen LogP contribution in [0.3, 0.4) is 0 Å². The van der Waals surface area contributed by atoms with E-state index in [1.54, 1.807) is 24.3 Å². The van der Waals surface area contributed by atoms with Crippen LogP contribution in [0.15, 0.2) is 48.5 Å². The molecule has 2 aromatic rings. The molecule has 0 bridgehead atoms. The molecule has 1 aliphatic rings. The van der Waals surface area contributed by atoms with Crippen molar-refractivity contribution in [1.29, 1.82) is 0 Å². The molecule has 3 rings (SSSR count). The number of hydroxylamine groups is 2. The van der Waals surface area contributed by atoms with E-state index in [1.807, 2.05) is 24.3 Å². The SMILES string of the molecule is CC(C)c1ccc(NC(=O)CCCOc2ccc([N+](C)([O-])C3(C(N)=O)CCOCC3)cc2)cc1. The van der Waals surface area contributed by atoms with Crippen molar-refractivity contribution >= 4 is 23.2 Å². The Morgan fingerprint density at radius 1 is 1.12 bits per heavy atom. The molecule has 34 heavy (non-hydrogen) atoms. The second-order valence-electron chi connectivity index (χ2n) is 9.20. The Morgan fingerprint density at radius 3 is 2.29 bits per heavy atom. The van der Waals surface area contributed by atoms with Crippen molar-refractivity contribution in [3.05, 3.63) is 59.3 Å². The van der Waals surface area contributed by atoms with Crippen molar-refractivity contribution in [3.8, 4) is 5.75 Å². The summed E-state index contributed by atoms with van der Waals surface area (Å²) in [5, 5.41) is 16.5. The highest BCUT2D eigenvalue weighted by Gasteiger charge is 2.51. The van der Waals surface area contributed by atoms with Crippen LogP contribution in [0.2, 0.25) is 0 Å². The van der Waals surface area contributed by atoms with Gasteiger partial charge in [-0.25, -0.2) is 0 Å². The number of rotatable bonds is 10. The van der Waals surface area contributed by atoms with Gasteiger partial charge in [0.25, 0.3) is 5.91 Å². The van der Waals surface area contributed by atoms with E-state index in [0.717, 1.165) is 5.69 Å². The van der Waals surface area contributed by atoms with Gasteiger partial charge in [-0.05, 0) is 42.2 Å². The molecule has 0 aromatic heterocycles. The van der Waals surface area contributed by atoms with Crippen LogP contribution in [0.5, 0.6) is 5.75 Å². The maximum Gasteiger partial charge on any atom is 0.279 e. The van der Waals surface area contributed by atoms with E-state index in [2.05, 4.69) is 19.2 Å². The lowest BCUT2D eigenvalue weighted by Gasteiger charge is -2.53. The fourth-order valence-electron chi connectivity index (χ4n) is 4.26. The smallest absolute Gasteiger partial charge is 0.279 e. The number of nitrogens with two attached hydrogens (primary N) is 1. The number of nitrogens with one attached hydrogen (secondary N) is 1. The number of hydrogen-bond donors (Lipinski definition) is 2. The summed E-state index contributed by atoms with van der Waals surface area (Å²) in [7, 11) is 1.46. The Kier molecular flexibility index (Phi) is 8.30. The van der Waals surface area contributed by atoms with Crippen molar-refractivity contribution in [2.75, 3.05) is 32.2 Å². The summed E-state index contributed by atoms with van der Waals surface area (Å²) < 4.78 is 10.2. The molecule has 1 atom stereocenters. The van der Waals surface area contributed by atoms with E-state index < -0.39 is 16.1 Å². The number of benzene rings is 2. The first kappa shape index (κ1) is 25.7. The van der Waals surface area contributed by atoms with Crippen LogP contribution >= 0.6 is 0 Å². The number of carbonyl (C=O) groups excluding carboxylic acids is 2. The topological polar surface area (TPSA) is 114 Å². The summed E-state index contributed by atoms with van der Waals surface area (Å²) in [6, 6.07) is 14.6. The summed E-state index contributed by atoms with van der Waals surface area (Å²) in [6.45, 7) is 5.28. The lowest BCUT2D eigenvalue weighted by Crippen LogP contribution is -2.68. The highest BCUT2D eigenvalue weighted by Crippen LogP contribution is 2.38. The summed E-state index contributed by atoms with van der Waals surface area (Å²) in [5.74, 6) is 0.364. The quantitative estimate of drug-likeness (QED) is 0.309. The van der Waals surface area contributed by atoms with Gasteiger partial charge < -0.3 is 30.4 Å². The zero-order valence-electron chi connectivity index (χ0n) is 20.2. The molecular formula is C26H35N3O5. The maximum atomic E-state index is 13.6. The van der Waals surface area contributed by atoms with E-state index >= 15 is 0 Å². The summed E-state index contributed by atoms with van der Waals surface area (Å²) in [5.41, 5.74) is 6.85. The monoisotopic (exact) mass is 469 g/mol. The van der Waals surface area contributed by atoms with Crippen molar-refractivity contribution in [3.63, 3.8) is 0 Å². The van der Waals surface area contributed by atoms with Crippen molar-refractivity contribution in [2.24, 2.45) is 5.73 Å². The van der Waals surface area contributed by atoms with Gasteiger partial charge in [0.1, 0.15) is 11.4 Å². The minimum absolute atomic E-state index is 0.0659. The molecule has 2 aromatic carbocycles. The lowest BCUT2D eigenvalue weighted by atomic mass is 9.86.